The Bertz CT molecular complexity index is 554. The monoisotopic (exact) mass is 284 g/mol. The summed E-state index contributed by atoms with van der Waals surface area (Å²) in [6.07, 6.45) is 1.78. The van der Waals surface area contributed by atoms with Crippen molar-refractivity contribution < 1.29 is 13.5 Å². The van der Waals surface area contributed by atoms with Gasteiger partial charge < -0.3 is 10.2 Å². The molecule has 19 heavy (non-hydrogen) atoms. The molecule has 0 radical (unpaired) electrons. The largest absolute Gasteiger partial charge is 0.439 e. The van der Waals surface area contributed by atoms with E-state index in [9.17, 15) is 8.78 Å². The molecule has 0 unspecified atom stereocenters. The lowest BCUT2D eigenvalue weighted by atomic mass is 10.3. The van der Waals surface area contributed by atoms with Gasteiger partial charge in [-0.25, -0.2) is 19.6 Å². The Morgan fingerprint density at radius 1 is 1.16 bits per heavy atom. The van der Waals surface area contributed by atoms with Crippen LogP contribution in [-0.4, -0.2) is 16.2 Å². The molecule has 2 aromatic rings. The Morgan fingerprint density at radius 2 is 1.84 bits per heavy atom. The number of hydrazine groups is 1. The highest BCUT2D eigenvalue weighted by Crippen LogP contribution is 2.25. The van der Waals surface area contributed by atoms with Gasteiger partial charge in [0.05, 0.1) is 0 Å². The number of hydrogen-bond donors (Lipinski definition) is 2. The van der Waals surface area contributed by atoms with Gasteiger partial charge in [-0.3, -0.25) is 0 Å². The van der Waals surface area contributed by atoms with Gasteiger partial charge in [-0.2, -0.15) is 4.98 Å². The summed E-state index contributed by atoms with van der Waals surface area (Å²) in [5.41, 5.74) is 2.36. The molecule has 0 saturated heterocycles. The van der Waals surface area contributed by atoms with Gasteiger partial charge in [0.25, 0.3) is 0 Å². The van der Waals surface area contributed by atoms with E-state index in [2.05, 4.69) is 15.4 Å². The molecule has 0 fully saturated rings. The van der Waals surface area contributed by atoms with Crippen LogP contribution in [0.15, 0.2) is 29.4 Å². The molecule has 5 nitrogen and oxygen atoms in total. The zero-order valence-electron chi connectivity index (χ0n) is 9.85. The van der Waals surface area contributed by atoms with Crippen molar-refractivity contribution in [1.29, 1.82) is 0 Å². The fourth-order valence-corrected chi connectivity index (χ4v) is 1.70. The standard InChI is InChI=1S/C11H10F2N4OS/c1-19-11-15-9(17-14)5-10(16-11)18-8-3-6(12)2-7(13)4-8/h2-5H,14H2,1H3,(H,15,16,17). The third-order valence-corrected chi connectivity index (χ3v) is 2.62. The molecular formula is C11H10F2N4OS. The zero-order chi connectivity index (χ0) is 13.8. The van der Waals surface area contributed by atoms with Crippen LogP contribution in [0.25, 0.3) is 0 Å². The minimum absolute atomic E-state index is 0.00576. The molecule has 1 heterocycles. The Morgan fingerprint density at radius 3 is 2.42 bits per heavy atom. The van der Waals surface area contributed by atoms with Gasteiger partial charge in [0.15, 0.2) is 5.16 Å². The van der Waals surface area contributed by atoms with E-state index < -0.39 is 11.6 Å². The molecule has 0 aliphatic heterocycles. The summed E-state index contributed by atoms with van der Waals surface area (Å²) >= 11 is 1.28. The number of ether oxygens (including phenoxy) is 1. The summed E-state index contributed by atoms with van der Waals surface area (Å²) in [4.78, 5) is 8.08. The zero-order valence-corrected chi connectivity index (χ0v) is 10.7. The van der Waals surface area contributed by atoms with Crippen molar-refractivity contribution in [2.24, 2.45) is 5.84 Å². The highest BCUT2D eigenvalue weighted by atomic mass is 32.2. The number of nitrogen functional groups attached to an aromatic ring is 1. The van der Waals surface area contributed by atoms with Gasteiger partial charge in [0.2, 0.25) is 5.88 Å². The van der Waals surface area contributed by atoms with E-state index in [1.165, 1.54) is 17.8 Å². The summed E-state index contributed by atoms with van der Waals surface area (Å²) in [6, 6.07) is 4.29. The number of halogens is 2. The van der Waals surface area contributed by atoms with E-state index in [1.807, 2.05) is 0 Å². The first-order valence-corrected chi connectivity index (χ1v) is 6.37. The number of thioether (sulfide) groups is 1. The first-order chi connectivity index (χ1) is 9.10. The topological polar surface area (TPSA) is 73.1 Å². The van der Waals surface area contributed by atoms with Crippen molar-refractivity contribution in [2.75, 3.05) is 11.7 Å². The minimum Gasteiger partial charge on any atom is -0.439 e. The van der Waals surface area contributed by atoms with Crippen molar-refractivity contribution in [1.82, 2.24) is 9.97 Å². The first kappa shape index (κ1) is 13.5. The average molecular weight is 284 g/mol. The predicted octanol–water partition coefficient (Wildman–Crippen LogP) is 2.55. The van der Waals surface area contributed by atoms with Crippen LogP contribution in [0, 0.1) is 11.6 Å². The molecule has 0 spiro atoms. The smallest absolute Gasteiger partial charge is 0.225 e. The predicted molar refractivity (Wildman–Crippen MR) is 68.1 cm³/mol. The number of aromatic nitrogens is 2. The fourth-order valence-electron chi connectivity index (χ4n) is 1.33. The van der Waals surface area contributed by atoms with Crippen LogP contribution in [0.1, 0.15) is 0 Å². The van der Waals surface area contributed by atoms with Crippen molar-refractivity contribution in [3.05, 3.63) is 35.9 Å². The maximum Gasteiger partial charge on any atom is 0.225 e. The molecule has 0 amide bonds. The summed E-state index contributed by atoms with van der Waals surface area (Å²) in [5, 5.41) is 0.419. The number of nitrogens with two attached hydrogens (primary N) is 1. The summed E-state index contributed by atoms with van der Waals surface area (Å²) in [7, 11) is 0. The van der Waals surface area contributed by atoms with Crippen LogP contribution in [-0.2, 0) is 0 Å². The molecule has 1 aromatic heterocycles. The normalized spacial score (nSPS) is 10.3. The molecular weight excluding hydrogens is 274 g/mol. The van der Waals surface area contributed by atoms with E-state index in [4.69, 9.17) is 10.6 Å². The Kier molecular flexibility index (Phi) is 4.13. The van der Waals surface area contributed by atoms with Crippen LogP contribution in [0.4, 0.5) is 14.6 Å². The molecule has 0 aliphatic carbocycles. The third kappa shape index (κ3) is 3.52. The molecule has 0 bridgehead atoms. The van der Waals surface area contributed by atoms with Crippen molar-refractivity contribution in [3.8, 4) is 11.6 Å². The highest BCUT2D eigenvalue weighted by Gasteiger charge is 2.07. The number of anilines is 1. The van der Waals surface area contributed by atoms with Gasteiger partial charge in [0, 0.05) is 24.3 Å². The number of benzene rings is 1. The third-order valence-electron chi connectivity index (χ3n) is 2.07. The van der Waals surface area contributed by atoms with Crippen LogP contribution in [0.2, 0.25) is 0 Å². The molecule has 100 valence electrons. The van der Waals surface area contributed by atoms with Gasteiger partial charge in [-0.05, 0) is 6.26 Å². The van der Waals surface area contributed by atoms with E-state index in [0.717, 1.165) is 18.2 Å². The second kappa shape index (κ2) is 5.81. The molecule has 1 aromatic carbocycles. The molecule has 0 atom stereocenters. The summed E-state index contributed by atoms with van der Waals surface area (Å²) in [6.45, 7) is 0. The van der Waals surface area contributed by atoms with Crippen molar-refractivity contribution >= 4 is 17.6 Å². The number of nitrogens with zero attached hydrogens (tertiary/aromatic N) is 2. The van der Waals surface area contributed by atoms with Crippen LogP contribution < -0.4 is 16.0 Å². The first-order valence-electron chi connectivity index (χ1n) is 5.14. The number of nitrogens with one attached hydrogen (secondary N) is 1. The maximum atomic E-state index is 13.0. The molecule has 8 heteroatoms. The highest BCUT2D eigenvalue weighted by molar-refractivity contribution is 7.98. The summed E-state index contributed by atoms with van der Waals surface area (Å²) in [5.74, 6) is 4.28. The maximum absolute atomic E-state index is 13.0. The average Bonchev–Trinajstić information content (AvgIpc) is 2.37. The van der Waals surface area contributed by atoms with Crippen LogP contribution in [0.3, 0.4) is 0 Å². The lowest BCUT2D eigenvalue weighted by Gasteiger charge is -2.08. The lowest BCUT2D eigenvalue weighted by Crippen LogP contribution is -2.09. The van der Waals surface area contributed by atoms with E-state index in [1.54, 1.807) is 6.26 Å². The number of rotatable bonds is 4. The number of hydrogen-bond acceptors (Lipinski definition) is 6. The van der Waals surface area contributed by atoms with Crippen LogP contribution in [0.5, 0.6) is 11.6 Å². The van der Waals surface area contributed by atoms with Gasteiger partial charge in [-0.15, -0.1) is 0 Å². The van der Waals surface area contributed by atoms with Crippen molar-refractivity contribution in [3.63, 3.8) is 0 Å². The Balaban J connectivity index is 2.31. The molecule has 2 rings (SSSR count). The van der Waals surface area contributed by atoms with Gasteiger partial charge in [-0.1, -0.05) is 11.8 Å². The SMILES string of the molecule is CSc1nc(NN)cc(Oc2cc(F)cc(F)c2)n1. The lowest BCUT2D eigenvalue weighted by molar-refractivity contribution is 0.445. The Labute approximate surface area is 112 Å². The summed E-state index contributed by atoms with van der Waals surface area (Å²) < 4.78 is 31.3. The molecule has 3 N–H and O–H groups in total. The van der Waals surface area contributed by atoms with E-state index in [0.29, 0.717) is 11.0 Å². The van der Waals surface area contributed by atoms with Gasteiger partial charge in [0.1, 0.15) is 23.2 Å². The van der Waals surface area contributed by atoms with E-state index in [-0.39, 0.29) is 11.6 Å². The second-order valence-corrected chi connectivity index (χ2v) is 4.20. The molecule has 0 saturated carbocycles. The fraction of sp³-hybridized carbons (Fsp3) is 0.0909. The second-order valence-electron chi connectivity index (χ2n) is 3.43. The van der Waals surface area contributed by atoms with Crippen molar-refractivity contribution in [2.45, 2.75) is 5.16 Å². The molecule has 0 aliphatic rings. The quantitative estimate of drug-likeness (QED) is 0.389. The van der Waals surface area contributed by atoms with E-state index >= 15 is 0 Å². The minimum atomic E-state index is -0.730. The van der Waals surface area contributed by atoms with Gasteiger partial charge >= 0.3 is 0 Å². The Hall–Kier alpha value is -1.93. The van der Waals surface area contributed by atoms with Crippen LogP contribution >= 0.6 is 11.8 Å².